The third-order valence-corrected chi connectivity index (χ3v) is 4.02. The van der Waals surface area contributed by atoms with Gasteiger partial charge in [-0.3, -0.25) is 9.69 Å². The average molecular weight is 223 g/mol. The molecule has 2 N–H and O–H groups in total. The van der Waals surface area contributed by atoms with Crippen LogP contribution in [0.5, 0.6) is 0 Å². The number of carbonyl (C=O) groups excluding carboxylic acids is 1. The number of carbonyl (C=O) groups is 1. The van der Waals surface area contributed by atoms with Gasteiger partial charge in [0.2, 0.25) is 5.91 Å². The fourth-order valence-corrected chi connectivity index (χ4v) is 2.86. The van der Waals surface area contributed by atoms with Crippen LogP contribution in [0, 0.1) is 0 Å². The highest BCUT2D eigenvalue weighted by atomic mass is 16.1. The van der Waals surface area contributed by atoms with Crippen molar-refractivity contribution in [2.24, 2.45) is 0 Å². The van der Waals surface area contributed by atoms with E-state index in [-0.39, 0.29) is 5.91 Å². The third kappa shape index (κ3) is 2.38. The molecule has 2 heterocycles. The van der Waals surface area contributed by atoms with Crippen LogP contribution in [-0.2, 0) is 4.79 Å². The van der Waals surface area contributed by atoms with E-state index in [1.165, 1.54) is 32.4 Å². The molecule has 1 aliphatic carbocycles. The van der Waals surface area contributed by atoms with Crippen LogP contribution < -0.4 is 10.6 Å². The highest BCUT2D eigenvalue weighted by Gasteiger charge is 2.34. The minimum Gasteiger partial charge on any atom is -0.352 e. The van der Waals surface area contributed by atoms with E-state index in [4.69, 9.17) is 0 Å². The van der Waals surface area contributed by atoms with Crippen molar-refractivity contribution < 1.29 is 4.79 Å². The maximum absolute atomic E-state index is 11.1. The SMILES string of the molecule is O=C1CCC(CNC2CCN(C3CC3)C2)N1. The Morgan fingerprint density at radius 3 is 2.88 bits per heavy atom. The maximum Gasteiger partial charge on any atom is 0.220 e. The van der Waals surface area contributed by atoms with Crippen LogP contribution in [0.3, 0.4) is 0 Å². The van der Waals surface area contributed by atoms with Crippen LogP contribution in [-0.4, -0.2) is 48.6 Å². The third-order valence-electron chi connectivity index (χ3n) is 4.02. The van der Waals surface area contributed by atoms with Crippen molar-refractivity contribution in [1.82, 2.24) is 15.5 Å². The Bertz CT molecular complexity index is 277. The van der Waals surface area contributed by atoms with Gasteiger partial charge in [-0.05, 0) is 25.7 Å². The van der Waals surface area contributed by atoms with Gasteiger partial charge in [0.05, 0.1) is 0 Å². The van der Waals surface area contributed by atoms with Crippen molar-refractivity contribution in [2.75, 3.05) is 19.6 Å². The van der Waals surface area contributed by atoms with E-state index in [9.17, 15) is 4.79 Å². The van der Waals surface area contributed by atoms with Crippen LogP contribution >= 0.6 is 0 Å². The molecule has 0 radical (unpaired) electrons. The quantitative estimate of drug-likeness (QED) is 0.710. The largest absolute Gasteiger partial charge is 0.352 e. The Morgan fingerprint density at radius 2 is 2.19 bits per heavy atom. The summed E-state index contributed by atoms with van der Waals surface area (Å²) in [4.78, 5) is 13.7. The number of hydrogen-bond donors (Lipinski definition) is 2. The Kier molecular flexibility index (Phi) is 2.86. The molecule has 16 heavy (non-hydrogen) atoms. The molecule has 0 aromatic heterocycles. The summed E-state index contributed by atoms with van der Waals surface area (Å²) in [5.74, 6) is 0.220. The summed E-state index contributed by atoms with van der Waals surface area (Å²) >= 11 is 0. The smallest absolute Gasteiger partial charge is 0.220 e. The van der Waals surface area contributed by atoms with Gasteiger partial charge >= 0.3 is 0 Å². The molecule has 90 valence electrons. The Morgan fingerprint density at radius 1 is 1.31 bits per heavy atom. The van der Waals surface area contributed by atoms with Crippen LogP contribution in [0.2, 0.25) is 0 Å². The fraction of sp³-hybridized carbons (Fsp3) is 0.917. The lowest BCUT2D eigenvalue weighted by Gasteiger charge is -2.18. The first-order valence-corrected chi connectivity index (χ1v) is 6.58. The van der Waals surface area contributed by atoms with E-state index in [0.717, 1.165) is 19.0 Å². The highest BCUT2D eigenvalue weighted by Crippen LogP contribution is 2.29. The van der Waals surface area contributed by atoms with Crippen molar-refractivity contribution in [2.45, 2.75) is 50.2 Å². The summed E-state index contributed by atoms with van der Waals surface area (Å²) in [5, 5.41) is 6.61. The lowest BCUT2D eigenvalue weighted by atomic mass is 10.2. The molecule has 3 rings (SSSR count). The second-order valence-corrected chi connectivity index (χ2v) is 5.42. The maximum atomic E-state index is 11.1. The van der Waals surface area contributed by atoms with Gasteiger partial charge in [-0.25, -0.2) is 0 Å². The molecule has 1 amide bonds. The number of likely N-dealkylation sites (tertiary alicyclic amines) is 1. The van der Waals surface area contributed by atoms with Crippen molar-refractivity contribution in [1.29, 1.82) is 0 Å². The summed E-state index contributed by atoms with van der Waals surface area (Å²) < 4.78 is 0. The minimum atomic E-state index is 0.220. The number of nitrogens with one attached hydrogen (secondary N) is 2. The van der Waals surface area contributed by atoms with Gasteiger partial charge in [0.15, 0.2) is 0 Å². The molecule has 2 atom stereocenters. The zero-order chi connectivity index (χ0) is 11.0. The molecule has 4 heteroatoms. The number of rotatable bonds is 4. The van der Waals surface area contributed by atoms with Gasteiger partial charge in [0.1, 0.15) is 0 Å². The predicted molar refractivity (Wildman–Crippen MR) is 62.2 cm³/mol. The molecule has 2 unspecified atom stereocenters. The molecule has 0 spiro atoms. The molecule has 3 aliphatic rings. The van der Waals surface area contributed by atoms with Gasteiger partial charge in [0, 0.05) is 44.2 Å². The van der Waals surface area contributed by atoms with Gasteiger partial charge in [-0.15, -0.1) is 0 Å². The average Bonchev–Trinajstić information content (AvgIpc) is 2.87. The molecule has 2 saturated heterocycles. The summed E-state index contributed by atoms with van der Waals surface area (Å²) in [7, 11) is 0. The number of amides is 1. The molecule has 0 aromatic carbocycles. The lowest BCUT2D eigenvalue weighted by Crippen LogP contribution is -2.41. The van der Waals surface area contributed by atoms with Crippen molar-refractivity contribution in [3.8, 4) is 0 Å². The summed E-state index contributed by atoms with van der Waals surface area (Å²) in [5.41, 5.74) is 0. The lowest BCUT2D eigenvalue weighted by molar-refractivity contribution is -0.119. The normalized spacial score (nSPS) is 35.6. The van der Waals surface area contributed by atoms with Gasteiger partial charge < -0.3 is 10.6 Å². The first-order valence-electron chi connectivity index (χ1n) is 6.58. The van der Waals surface area contributed by atoms with Gasteiger partial charge in [-0.2, -0.15) is 0 Å². The summed E-state index contributed by atoms with van der Waals surface area (Å²) in [6.45, 7) is 3.43. The molecule has 1 saturated carbocycles. The predicted octanol–water partition coefficient (Wildman–Crippen LogP) is 0.0913. The Labute approximate surface area is 96.8 Å². The highest BCUT2D eigenvalue weighted by molar-refractivity contribution is 5.78. The standard InChI is InChI=1S/C12H21N3O/c16-12-4-1-9(14-12)7-13-10-5-6-15(8-10)11-2-3-11/h9-11,13H,1-8H2,(H,14,16). The molecular weight excluding hydrogens is 202 g/mol. The first-order chi connectivity index (χ1) is 7.81. The van der Waals surface area contributed by atoms with Gasteiger partial charge in [-0.1, -0.05) is 0 Å². The van der Waals surface area contributed by atoms with Crippen molar-refractivity contribution in [3.63, 3.8) is 0 Å². The molecular formula is C12H21N3O. The van der Waals surface area contributed by atoms with E-state index in [2.05, 4.69) is 15.5 Å². The monoisotopic (exact) mass is 223 g/mol. The van der Waals surface area contributed by atoms with Gasteiger partial charge in [0.25, 0.3) is 0 Å². The topological polar surface area (TPSA) is 44.4 Å². The summed E-state index contributed by atoms with van der Waals surface area (Å²) in [6, 6.07) is 1.93. The Hall–Kier alpha value is -0.610. The molecule has 0 bridgehead atoms. The zero-order valence-corrected chi connectivity index (χ0v) is 9.74. The molecule has 2 aliphatic heterocycles. The molecule has 4 nitrogen and oxygen atoms in total. The van der Waals surface area contributed by atoms with Crippen LogP contribution in [0.25, 0.3) is 0 Å². The van der Waals surface area contributed by atoms with E-state index >= 15 is 0 Å². The van der Waals surface area contributed by atoms with E-state index < -0.39 is 0 Å². The number of nitrogens with zero attached hydrogens (tertiary/aromatic N) is 1. The Balaban J connectivity index is 1.37. The fourth-order valence-electron chi connectivity index (χ4n) is 2.86. The zero-order valence-electron chi connectivity index (χ0n) is 9.74. The summed E-state index contributed by atoms with van der Waals surface area (Å²) in [6.07, 6.45) is 5.81. The second kappa shape index (κ2) is 4.34. The van der Waals surface area contributed by atoms with Crippen molar-refractivity contribution >= 4 is 5.91 Å². The first kappa shape index (κ1) is 10.5. The van der Waals surface area contributed by atoms with E-state index in [1.807, 2.05) is 0 Å². The van der Waals surface area contributed by atoms with Crippen LogP contribution in [0.4, 0.5) is 0 Å². The van der Waals surface area contributed by atoms with Crippen molar-refractivity contribution in [3.05, 3.63) is 0 Å². The number of hydrogen-bond acceptors (Lipinski definition) is 3. The van der Waals surface area contributed by atoms with E-state index in [0.29, 0.717) is 18.5 Å². The minimum absolute atomic E-state index is 0.220. The van der Waals surface area contributed by atoms with Crippen LogP contribution in [0.1, 0.15) is 32.1 Å². The second-order valence-electron chi connectivity index (χ2n) is 5.42. The van der Waals surface area contributed by atoms with Crippen LogP contribution in [0.15, 0.2) is 0 Å². The molecule has 0 aromatic rings. The molecule has 3 fully saturated rings. The van der Waals surface area contributed by atoms with E-state index in [1.54, 1.807) is 0 Å².